The van der Waals surface area contributed by atoms with Crippen LogP contribution in [0.5, 0.6) is 0 Å². The van der Waals surface area contributed by atoms with E-state index in [4.69, 9.17) is 10.2 Å². The molecule has 33 heavy (non-hydrogen) atoms. The van der Waals surface area contributed by atoms with Gasteiger partial charge in [0.2, 0.25) is 11.7 Å². The number of aliphatic hydroxyl groups is 1. The normalized spacial score (nSPS) is 15.9. The summed E-state index contributed by atoms with van der Waals surface area (Å²) in [5.74, 6) is 0.943. The minimum absolute atomic E-state index is 0.214. The van der Waals surface area contributed by atoms with Gasteiger partial charge in [0.1, 0.15) is 11.1 Å². The monoisotopic (exact) mass is 444 g/mol. The number of nitrogens with zero attached hydrogens (tertiary/aromatic N) is 2. The molecule has 0 amide bonds. The predicted octanol–water partition coefficient (Wildman–Crippen LogP) is 3.99. The van der Waals surface area contributed by atoms with E-state index in [1.165, 1.54) is 4.57 Å². The number of nitrogens with two attached hydrogens (primary N) is 1. The molecule has 7 nitrogen and oxygen atoms in total. The molecule has 1 aliphatic carbocycles. The molecule has 1 fully saturated rings. The molecule has 0 unspecified atom stereocenters. The van der Waals surface area contributed by atoms with E-state index in [0.29, 0.717) is 17.1 Å². The van der Waals surface area contributed by atoms with Crippen molar-refractivity contribution in [1.82, 2.24) is 9.55 Å². The Kier molecular flexibility index (Phi) is 5.31. The number of nitrogens with one attached hydrogen (secondary N) is 1. The van der Waals surface area contributed by atoms with E-state index in [9.17, 15) is 9.90 Å². The van der Waals surface area contributed by atoms with Gasteiger partial charge in [0.05, 0.1) is 6.10 Å². The van der Waals surface area contributed by atoms with Gasteiger partial charge in [-0.2, -0.15) is 4.98 Å². The fraction of sp³-hybridized carbons (Fsp3) is 0.308. The van der Waals surface area contributed by atoms with Crippen LogP contribution in [0.25, 0.3) is 33.6 Å². The molecule has 7 heteroatoms. The summed E-state index contributed by atoms with van der Waals surface area (Å²) in [4.78, 5) is 18.0. The Morgan fingerprint density at radius 2 is 1.85 bits per heavy atom. The maximum absolute atomic E-state index is 13.4. The highest BCUT2D eigenvalue weighted by Crippen LogP contribution is 2.42. The van der Waals surface area contributed by atoms with Crippen molar-refractivity contribution in [1.29, 1.82) is 0 Å². The third-order valence-electron chi connectivity index (χ3n) is 6.52. The summed E-state index contributed by atoms with van der Waals surface area (Å²) < 4.78 is 7.68. The van der Waals surface area contributed by atoms with E-state index in [2.05, 4.69) is 22.4 Å². The van der Waals surface area contributed by atoms with E-state index in [-0.39, 0.29) is 23.4 Å². The summed E-state index contributed by atoms with van der Waals surface area (Å²) in [6.07, 6.45) is 2.56. The lowest BCUT2D eigenvalue weighted by atomic mass is 9.72. The molecular weight excluding hydrogens is 416 g/mol. The third kappa shape index (κ3) is 3.73. The average molecular weight is 445 g/mol. The first-order valence-electron chi connectivity index (χ1n) is 11.3. The Bertz CT molecular complexity index is 1350. The second-order valence-electron chi connectivity index (χ2n) is 8.97. The molecule has 0 bridgehead atoms. The highest BCUT2D eigenvalue weighted by atomic mass is 16.3. The van der Waals surface area contributed by atoms with Crippen LogP contribution in [-0.2, 0) is 12.6 Å². The van der Waals surface area contributed by atoms with Gasteiger partial charge in [-0.3, -0.25) is 9.36 Å². The largest absolute Gasteiger partial charge is 0.437 e. The molecule has 4 aromatic rings. The highest BCUT2D eigenvalue weighted by Gasteiger charge is 2.34. The summed E-state index contributed by atoms with van der Waals surface area (Å²) in [6, 6.07) is 17.9. The first-order valence-corrected chi connectivity index (χ1v) is 11.3. The number of fused-ring (bicyclic) bond motifs is 1. The second-order valence-corrected chi connectivity index (χ2v) is 8.97. The number of benzene rings is 2. The van der Waals surface area contributed by atoms with E-state index in [1.807, 2.05) is 42.5 Å². The number of furan rings is 1. The van der Waals surface area contributed by atoms with Crippen LogP contribution in [0.2, 0.25) is 0 Å². The van der Waals surface area contributed by atoms with E-state index < -0.39 is 6.10 Å². The van der Waals surface area contributed by atoms with Crippen molar-refractivity contribution in [2.24, 2.45) is 12.8 Å². The molecule has 2 aromatic carbocycles. The molecule has 170 valence electrons. The van der Waals surface area contributed by atoms with E-state index in [0.717, 1.165) is 41.5 Å². The Labute approximate surface area is 191 Å². The third-order valence-corrected chi connectivity index (χ3v) is 6.52. The maximum Gasteiger partial charge on any atom is 0.266 e. The van der Waals surface area contributed by atoms with Crippen LogP contribution in [0.3, 0.4) is 0 Å². The number of aliphatic hydroxyl groups excluding tert-OH is 1. The molecule has 4 N–H and O–H groups in total. The van der Waals surface area contributed by atoms with Gasteiger partial charge in [-0.1, -0.05) is 54.6 Å². The molecule has 5 rings (SSSR count). The number of hydrogen-bond acceptors (Lipinski definition) is 6. The zero-order valence-corrected chi connectivity index (χ0v) is 18.8. The summed E-state index contributed by atoms with van der Waals surface area (Å²) in [5.41, 5.74) is 9.89. The van der Waals surface area contributed by atoms with Gasteiger partial charge in [-0.25, -0.2) is 0 Å². The van der Waals surface area contributed by atoms with Crippen LogP contribution in [0.1, 0.15) is 31.7 Å². The van der Waals surface area contributed by atoms with Crippen LogP contribution in [0.4, 0.5) is 5.95 Å². The molecule has 1 aliphatic rings. The first kappa shape index (κ1) is 21.4. The van der Waals surface area contributed by atoms with Gasteiger partial charge >= 0.3 is 0 Å². The zero-order chi connectivity index (χ0) is 23.2. The molecule has 2 heterocycles. The molecule has 2 aromatic heterocycles. The van der Waals surface area contributed by atoms with Crippen molar-refractivity contribution in [3.63, 3.8) is 0 Å². The van der Waals surface area contributed by atoms with Gasteiger partial charge in [-0.15, -0.1) is 0 Å². The fourth-order valence-corrected chi connectivity index (χ4v) is 4.41. The Hall–Kier alpha value is -3.42. The second kappa shape index (κ2) is 8.17. The van der Waals surface area contributed by atoms with Crippen LogP contribution in [-0.4, -0.2) is 27.3 Å². The Balaban J connectivity index is 1.69. The standard InChI is InChI=1S/C26H28N4O3/c1-16(31)15-28-25-29-23-21(24(32)30(25)2)20(17-7-4-3-5-8-17)22(33-23)18-9-11-19(12-10-18)26(27)13-6-14-26/h3-5,7-12,16,31H,6,13-15,27H2,1-2H3,(H,28,29)/t16-/m0/s1. The maximum atomic E-state index is 13.4. The SMILES string of the molecule is C[C@H](O)CNc1nc2oc(-c3ccc(C4(N)CCC4)cc3)c(-c3ccccc3)c2c(=O)n1C. The Morgan fingerprint density at radius 3 is 2.45 bits per heavy atom. The fourth-order valence-electron chi connectivity index (χ4n) is 4.41. The van der Waals surface area contributed by atoms with Crippen LogP contribution >= 0.6 is 0 Å². The summed E-state index contributed by atoms with van der Waals surface area (Å²) >= 11 is 0. The van der Waals surface area contributed by atoms with Gasteiger partial charge in [0.15, 0.2) is 0 Å². The lowest BCUT2D eigenvalue weighted by Crippen LogP contribution is -2.43. The number of hydrogen-bond donors (Lipinski definition) is 3. The molecular formula is C26H28N4O3. The van der Waals surface area contributed by atoms with Gasteiger partial charge in [-0.05, 0) is 37.3 Å². The van der Waals surface area contributed by atoms with E-state index >= 15 is 0 Å². The van der Waals surface area contributed by atoms with Crippen LogP contribution in [0.15, 0.2) is 63.8 Å². The highest BCUT2D eigenvalue weighted by molar-refractivity contribution is 6.00. The molecule has 1 saturated carbocycles. The quantitative estimate of drug-likeness (QED) is 0.415. The zero-order valence-electron chi connectivity index (χ0n) is 18.8. The molecule has 0 radical (unpaired) electrons. The number of anilines is 1. The lowest BCUT2D eigenvalue weighted by molar-refractivity contribution is 0.208. The van der Waals surface area contributed by atoms with Gasteiger partial charge < -0.3 is 20.6 Å². The van der Waals surface area contributed by atoms with Crippen molar-refractivity contribution in [3.8, 4) is 22.5 Å². The summed E-state index contributed by atoms with van der Waals surface area (Å²) in [7, 11) is 1.66. The molecule has 1 atom stereocenters. The lowest BCUT2D eigenvalue weighted by Gasteiger charge is -2.38. The molecule has 0 spiro atoms. The van der Waals surface area contributed by atoms with Gasteiger partial charge in [0.25, 0.3) is 5.56 Å². The van der Waals surface area contributed by atoms with Crippen molar-refractivity contribution in [2.45, 2.75) is 37.8 Å². The van der Waals surface area contributed by atoms with Crippen molar-refractivity contribution < 1.29 is 9.52 Å². The molecule has 0 saturated heterocycles. The Morgan fingerprint density at radius 1 is 1.15 bits per heavy atom. The summed E-state index contributed by atoms with van der Waals surface area (Å²) in [5, 5.41) is 13.1. The number of rotatable bonds is 6. The van der Waals surface area contributed by atoms with E-state index in [1.54, 1.807) is 14.0 Å². The topological polar surface area (TPSA) is 106 Å². The van der Waals surface area contributed by atoms with Crippen molar-refractivity contribution >= 4 is 17.0 Å². The van der Waals surface area contributed by atoms with Crippen molar-refractivity contribution in [3.05, 3.63) is 70.5 Å². The van der Waals surface area contributed by atoms with Gasteiger partial charge in [0, 0.05) is 30.3 Å². The predicted molar refractivity (Wildman–Crippen MR) is 130 cm³/mol. The van der Waals surface area contributed by atoms with Crippen LogP contribution in [0, 0.1) is 0 Å². The summed E-state index contributed by atoms with van der Waals surface area (Å²) in [6.45, 7) is 1.94. The van der Waals surface area contributed by atoms with Crippen molar-refractivity contribution in [2.75, 3.05) is 11.9 Å². The first-order chi connectivity index (χ1) is 15.9. The minimum Gasteiger partial charge on any atom is -0.437 e. The number of aromatic nitrogens is 2. The van der Waals surface area contributed by atoms with Crippen LogP contribution < -0.4 is 16.6 Å². The average Bonchev–Trinajstić information content (AvgIpc) is 3.19. The minimum atomic E-state index is -0.579. The smallest absolute Gasteiger partial charge is 0.266 e. The molecule has 0 aliphatic heterocycles.